The lowest BCUT2D eigenvalue weighted by atomic mass is 10.0. The fraction of sp³-hybridized carbons (Fsp3) is 0.480. The fourth-order valence-corrected chi connectivity index (χ4v) is 3.25. The molecule has 0 saturated carbocycles. The molecule has 2 aromatic rings. The van der Waals surface area contributed by atoms with E-state index in [4.69, 9.17) is 4.74 Å². The predicted molar refractivity (Wildman–Crippen MR) is 121 cm³/mol. The molecular weight excluding hydrogens is 360 g/mol. The minimum atomic E-state index is -0.518. The topological polar surface area (TPSA) is 41.6 Å². The molecule has 0 fully saturated rings. The summed E-state index contributed by atoms with van der Waals surface area (Å²) in [4.78, 5) is 14.7. The monoisotopic (exact) mass is 396 g/mol. The number of nitrogens with one attached hydrogen (secondary N) is 1. The Balaban J connectivity index is 2.19. The Morgan fingerprint density at radius 1 is 1.14 bits per heavy atom. The first-order chi connectivity index (χ1) is 13.7. The second-order valence-corrected chi connectivity index (χ2v) is 8.69. The van der Waals surface area contributed by atoms with Crippen LogP contribution in [-0.2, 0) is 11.3 Å². The third kappa shape index (κ3) is 7.54. The number of unbranched alkanes of at least 4 members (excludes halogenated alkanes) is 1. The van der Waals surface area contributed by atoms with Crippen LogP contribution in [0.1, 0.15) is 70.2 Å². The average molecular weight is 397 g/mol. The number of amides is 1. The molecule has 1 atom stereocenters. The smallest absolute Gasteiger partial charge is 0.412 e. The molecular formula is C25H36N2O2. The molecule has 29 heavy (non-hydrogen) atoms. The maximum Gasteiger partial charge on any atom is 0.412 e. The number of rotatable bonds is 8. The Labute approximate surface area is 176 Å². The highest BCUT2D eigenvalue weighted by Crippen LogP contribution is 2.27. The molecule has 4 nitrogen and oxygen atoms in total. The van der Waals surface area contributed by atoms with Crippen LogP contribution in [0, 0.1) is 6.92 Å². The van der Waals surface area contributed by atoms with Gasteiger partial charge in [0.1, 0.15) is 5.60 Å². The number of anilines is 1. The SMILES string of the molecule is CCCCN(Cc1ccccc1)[C@@H](C)c1ccc(C)c(NC(=O)OC(C)(C)C)c1. The fourth-order valence-electron chi connectivity index (χ4n) is 3.25. The molecule has 1 amide bonds. The van der Waals surface area contributed by atoms with Crippen LogP contribution in [0.25, 0.3) is 0 Å². The van der Waals surface area contributed by atoms with Gasteiger partial charge < -0.3 is 4.74 Å². The van der Waals surface area contributed by atoms with Gasteiger partial charge in [0.15, 0.2) is 0 Å². The van der Waals surface area contributed by atoms with Gasteiger partial charge in [-0.1, -0.05) is 55.8 Å². The first-order valence-corrected chi connectivity index (χ1v) is 10.6. The van der Waals surface area contributed by atoms with Gasteiger partial charge in [0.25, 0.3) is 0 Å². The number of nitrogens with zero attached hydrogens (tertiary/aromatic N) is 1. The van der Waals surface area contributed by atoms with Gasteiger partial charge in [0.2, 0.25) is 0 Å². The summed E-state index contributed by atoms with van der Waals surface area (Å²) in [6.07, 6.45) is 1.90. The third-order valence-electron chi connectivity index (χ3n) is 4.95. The number of hydrogen-bond acceptors (Lipinski definition) is 3. The Morgan fingerprint density at radius 3 is 2.45 bits per heavy atom. The van der Waals surface area contributed by atoms with Crippen molar-refractivity contribution >= 4 is 11.8 Å². The van der Waals surface area contributed by atoms with E-state index in [1.165, 1.54) is 11.1 Å². The van der Waals surface area contributed by atoms with Crippen LogP contribution in [0.4, 0.5) is 10.5 Å². The molecule has 0 saturated heterocycles. The van der Waals surface area contributed by atoms with E-state index in [9.17, 15) is 4.79 Å². The largest absolute Gasteiger partial charge is 0.444 e. The van der Waals surface area contributed by atoms with Crippen LogP contribution in [0.2, 0.25) is 0 Å². The number of hydrogen-bond donors (Lipinski definition) is 1. The summed E-state index contributed by atoms with van der Waals surface area (Å²) >= 11 is 0. The van der Waals surface area contributed by atoms with Crippen LogP contribution in [-0.4, -0.2) is 23.1 Å². The van der Waals surface area contributed by atoms with Gasteiger partial charge in [0.05, 0.1) is 0 Å². The average Bonchev–Trinajstić information content (AvgIpc) is 2.65. The summed E-state index contributed by atoms with van der Waals surface area (Å²) < 4.78 is 5.42. The van der Waals surface area contributed by atoms with Gasteiger partial charge >= 0.3 is 6.09 Å². The van der Waals surface area contributed by atoms with Crippen LogP contribution in [0.15, 0.2) is 48.5 Å². The molecule has 0 aliphatic carbocycles. The molecule has 2 rings (SSSR count). The number of carbonyl (C=O) groups excluding carboxylic acids is 1. The summed E-state index contributed by atoms with van der Waals surface area (Å²) in [5.41, 5.74) is 3.81. The second-order valence-electron chi connectivity index (χ2n) is 8.69. The zero-order valence-corrected chi connectivity index (χ0v) is 18.8. The molecule has 0 aromatic heterocycles. The van der Waals surface area contributed by atoms with Gasteiger partial charge in [-0.25, -0.2) is 4.79 Å². The van der Waals surface area contributed by atoms with Crippen molar-refractivity contribution in [2.24, 2.45) is 0 Å². The Kier molecular flexibility index (Phi) is 8.27. The summed E-state index contributed by atoms with van der Waals surface area (Å²) in [7, 11) is 0. The van der Waals surface area contributed by atoms with Crippen molar-refractivity contribution in [3.05, 3.63) is 65.2 Å². The lowest BCUT2D eigenvalue weighted by Crippen LogP contribution is -2.28. The van der Waals surface area contributed by atoms with E-state index in [2.05, 4.69) is 72.6 Å². The highest BCUT2D eigenvalue weighted by atomic mass is 16.6. The lowest BCUT2D eigenvalue weighted by Gasteiger charge is -2.30. The van der Waals surface area contributed by atoms with E-state index in [0.717, 1.165) is 37.2 Å². The van der Waals surface area contributed by atoms with Gasteiger partial charge in [-0.2, -0.15) is 0 Å². The van der Waals surface area contributed by atoms with Crippen molar-refractivity contribution in [2.75, 3.05) is 11.9 Å². The Bertz CT molecular complexity index is 781. The predicted octanol–water partition coefficient (Wildman–Crippen LogP) is 6.71. The minimum absolute atomic E-state index is 0.238. The van der Waals surface area contributed by atoms with Gasteiger partial charge in [-0.3, -0.25) is 10.2 Å². The van der Waals surface area contributed by atoms with Crippen molar-refractivity contribution < 1.29 is 9.53 Å². The molecule has 1 N–H and O–H groups in total. The third-order valence-corrected chi connectivity index (χ3v) is 4.95. The van der Waals surface area contributed by atoms with Crippen LogP contribution >= 0.6 is 0 Å². The molecule has 0 unspecified atom stereocenters. The molecule has 0 bridgehead atoms. The van der Waals surface area contributed by atoms with E-state index in [-0.39, 0.29) is 6.04 Å². The first-order valence-electron chi connectivity index (χ1n) is 10.6. The van der Waals surface area contributed by atoms with E-state index < -0.39 is 11.7 Å². The number of benzene rings is 2. The van der Waals surface area contributed by atoms with Crippen molar-refractivity contribution in [1.82, 2.24) is 4.90 Å². The minimum Gasteiger partial charge on any atom is -0.444 e. The molecule has 4 heteroatoms. The summed E-state index contributed by atoms with van der Waals surface area (Å²) in [6.45, 7) is 14.0. The normalized spacial score (nSPS) is 12.7. The second kappa shape index (κ2) is 10.4. The zero-order chi connectivity index (χ0) is 21.4. The number of aryl methyl sites for hydroxylation is 1. The number of ether oxygens (including phenoxy) is 1. The van der Waals surface area contributed by atoms with Gasteiger partial charge in [-0.05, 0) is 70.3 Å². The van der Waals surface area contributed by atoms with Gasteiger partial charge in [0, 0.05) is 18.3 Å². The van der Waals surface area contributed by atoms with E-state index >= 15 is 0 Å². The summed E-state index contributed by atoms with van der Waals surface area (Å²) in [5, 5.41) is 2.91. The van der Waals surface area contributed by atoms with Crippen molar-refractivity contribution in [3.63, 3.8) is 0 Å². The molecule has 0 aliphatic rings. The zero-order valence-electron chi connectivity index (χ0n) is 18.8. The number of carbonyl (C=O) groups is 1. The van der Waals surface area contributed by atoms with E-state index in [1.807, 2.05) is 27.7 Å². The quantitative estimate of drug-likeness (QED) is 0.539. The lowest BCUT2D eigenvalue weighted by molar-refractivity contribution is 0.0636. The standard InChI is InChI=1S/C25H36N2O2/c1-7-8-16-27(18-21-12-10-9-11-13-21)20(3)22-15-14-19(2)23(17-22)26-24(28)29-25(4,5)6/h9-15,17,20H,7-8,16,18H2,1-6H3,(H,26,28)/t20-/m0/s1. The van der Waals surface area contributed by atoms with E-state index in [0.29, 0.717) is 0 Å². The molecule has 0 radical (unpaired) electrons. The summed E-state index contributed by atoms with van der Waals surface area (Å²) in [6, 6.07) is 17.1. The molecule has 0 spiro atoms. The maximum absolute atomic E-state index is 12.2. The molecule has 0 aliphatic heterocycles. The maximum atomic E-state index is 12.2. The van der Waals surface area contributed by atoms with Crippen LogP contribution < -0.4 is 5.32 Å². The van der Waals surface area contributed by atoms with Crippen molar-refractivity contribution in [1.29, 1.82) is 0 Å². The van der Waals surface area contributed by atoms with Crippen LogP contribution in [0.3, 0.4) is 0 Å². The Morgan fingerprint density at radius 2 is 1.83 bits per heavy atom. The van der Waals surface area contributed by atoms with Crippen molar-refractivity contribution in [3.8, 4) is 0 Å². The van der Waals surface area contributed by atoms with Gasteiger partial charge in [-0.15, -0.1) is 0 Å². The van der Waals surface area contributed by atoms with E-state index in [1.54, 1.807) is 0 Å². The Hall–Kier alpha value is -2.33. The first kappa shape index (κ1) is 23.0. The van der Waals surface area contributed by atoms with Crippen LogP contribution in [0.5, 0.6) is 0 Å². The molecule has 0 heterocycles. The summed E-state index contributed by atoms with van der Waals surface area (Å²) in [5.74, 6) is 0. The molecule has 2 aromatic carbocycles. The van der Waals surface area contributed by atoms with Crippen molar-refractivity contribution in [2.45, 2.75) is 72.6 Å². The highest BCUT2D eigenvalue weighted by molar-refractivity contribution is 5.86. The highest BCUT2D eigenvalue weighted by Gasteiger charge is 2.19. The molecule has 158 valence electrons.